The number of nitrogens with two attached hydrogens (primary N) is 1. The Balaban J connectivity index is 0.000000177. The van der Waals surface area contributed by atoms with Crippen molar-refractivity contribution in [2.75, 3.05) is 21.7 Å². The molecule has 0 radical (unpaired) electrons. The number of nitrogen functional groups attached to an aromatic ring is 1. The van der Waals surface area contributed by atoms with Crippen molar-refractivity contribution in [1.82, 2.24) is 29.3 Å². The van der Waals surface area contributed by atoms with E-state index in [-0.39, 0.29) is 62.7 Å². The standard InChI is InChI=1S/C18H12ClF3N4O3.C18H14ClF3N4O.C18H13ClF3N3O/c1-10-8-16(18(20,21)22)25(24-10)13-6-7-14(15(9-13)26(28)29)23-17(27)11-2-4-12(19)5-3-11;1-10-8-16(18(20,21)22)26(25-10)13-6-7-15(14(23)9-13)24-17(27)11-2-4-12(19)5-3-11;1-11-10-16(18(20,21)22)25(24-11)15-8-6-14(7-9-15)23-17(26)12-2-4-13(19)5-3-12/h2-9H,1H3,(H,23,27);2-9H,23H2,1H3,(H,24,27);2-10H,1H3,(H,23,26). The molecular weight excluding hydrogens is 1160 g/mol. The number of aryl methyl sites for hydroxylation is 3. The van der Waals surface area contributed by atoms with Crippen LogP contribution in [-0.4, -0.2) is 52.0 Å². The Hall–Kier alpha value is -9.20. The van der Waals surface area contributed by atoms with Gasteiger partial charge in [-0.3, -0.25) is 24.5 Å². The molecule has 0 saturated heterocycles. The maximum atomic E-state index is 13.2. The second-order valence-electron chi connectivity index (χ2n) is 17.4. The molecule has 9 rings (SSSR count). The number of hydrogen-bond acceptors (Lipinski definition) is 9. The Bertz CT molecular complexity index is 3810. The number of carbonyl (C=O) groups excluding carboxylic acids is 3. The highest BCUT2D eigenvalue weighted by Crippen LogP contribution is 2.36. The monoisotopic (exact) mass is 1200 g/mol. The van der Waals surface area contributed by atoms with E-state index < -0.39 is 58.0 Å². The summed E-state index contributed by atoms with van der Waals surface area (Å²) in [6, 6.07) is 34.5. The van der Waals surface area contributed by atoms with Gasteiger partial charge in [-0.1, -0.05) is 34.8 Å². The summed E-state index contributed by atoms with van der Waals surface area (Å²) in [5.41, 5.74) is 4.96. The van der Waals surface area contributed by atoms with Crippen molar-refractivity contribution in [2.24, 2.45) is 0 Å². The molecule has 0 aliphatic carbocycles. The van der Waals surface area contributed by atoms with E-state index in [4.69, 9.17) is 40.5 Å². The van der Waals surface area contributed by atoms with Crippen LogP contribution in [0.3, 0.4) is 0 Å². The molecule has 3 heterocycles. The normalized spacial score (nSPS) is 11.4. The highest BCUT2D eigenvalue weighted by molar-refractivity contribution is 6.31. The van der Waals surface area contributed by atoms with E-state index in [9.17, 15) is 64.0 Å². The van der Waals surface area contributed by atoms with Gasteiger partial charge >= 0.3 is 18.5 Å². The SMILES string of the molecule is Cc1cc(C(F)(F)F)n(-c2ccc(NC(=O)c3ccc(Cl)cc3)c(N)c2)n1.Cc1cc(C(F)(F)F)n(-c2ccc(NC(=O)c3ccc(Cl)cc3)c([N+](=O)[O-])c2)n1.Cc1cc(C(F)(F)F)n(-c2ccc(NC(=O)c3ccc(Cl)cc3)cc2)n1. The molecule has 0 atom stereocenters. The first-order valence-corrected chi connectivity index (χ1v) is 24.5. The quantitative estimate of drug-likeness (QED) is 0.0443. The lowest BCUT2D eigenvalue weighted by molar-refractivity contribution is -0.383. The van der Waals surface area contributed by atoms with Crippen molar-refractivity contribution in [3.8, 4) is 17.1 Å². The Morgan fingerprint density at radius 1 is 0.463 bits per heavy atom. The highest BCUT2D eigenvalue weighted by Gasteiger charge is 2.38. The molecule has 9 aromatic rings. The number of benzene rings is 6. The Labute approximate surface area is 473 Å². The second-order valence-corrected chi connectivity index (χ2v) is 18.7. The molecule has 0 spiro atoms. The lowest BCUT2D eigenvalue weighted by Gasteiger charge is -2.13. The number of halogens is 12. The summed E-state index contributed by atoms with van der Waals surface area (Å²) >= 11 is 17.3. The number of nitro benzene ring substituents is 1. The number of nitrogens with zero attached hydrogens (tertiary/aromatic N) is 7. The van der Waals surface area contributed by atoms with E-state index in [2.05, 4.69) is 31.2 Å². The zero-order chi connectivity index (χ0) is 60.0. The first kappa shape index (κ1) is 60.4. The fraction of sp³-hybridized carbons (Fsp3) is 0.111. The molecular formula is C54H39Cl3F9N11O5. The summed E-state index contributed by atoms with van der Waals surface area (Å²) in [5.74, 6) is -1.40. The number of aromatic nitrogens is 6. The van der Waals surface area contributed by atoms with Gasteiger partial charge in [-0.15, -0.1) is 0 Å². The number of hydrogen-bond donors (Lipinski definition) is 4. The molecule has 0 unspecified atom stereocenters. The summed E-state index contributed by atoms with van der Waals surface area (Å²) in [5, 5.41) is 32.1. The first-order valence-electron chi connectivity index (χ1n) is 23.4. The van der Waals surface area contributed by atoms with E-state index in [0.717, 1.165) is 39.7 Å². The molecule has 0 aliphatic heterocycles. The van der Waals surface area contributed by atoms with Crippen LogP contribution < -0.4 is 21.7 Å². The van der Waals surface area contributed by atoms with Crippen molar-refractivity contribution in [3.63, 3.8) is 0 Å². The van der Waals surface area contributed by atoms with Crippen LogP contribution in [0, 0.1) is 30.9 Å². The van der Waals surface area contributed by atoms with Crippen LogP contribution in [0.25, 0.3) is 17.1 Å². The highest BCUT2D eigenvalue weighted by atomic mass is 35.5. The molecule has 424 valence electrons. The smallest absolute Gasteiger partial charge is 0.397 e. The summed E-state index contributed by atoms with van der Waals surface area (Å²) in [4.78, 5) is 47.3. The van der Waals surface area contributed by atoms with Gasteiger partial charge in [0.2, 0.25) is 0 Å². The second kappa shape index (κ2) is 24.7. The molecule has 3 amide bonds. The molecule has 16 nitrogen and oxygen atoms in total. The van der Waals surface area contributed by atoms with Crippen LogP contribution in [-0.2, 0) is 18.5 Å². The van der Waals surface area contributed by atoms with Crippen LogP contribution in [0.4, 0.5) is 68.0 Å². The summed E-state index contributed by atoms with van der Waals surface area (Å²) in [6.45, 7) is 4.34. The summed E-state index contributed by atoms with van der Waals surface area (Å²) < 4.78 is 121. The number of anilines is 4. The van der Waals surface area contributed by atoms with E-state index >= 15 is 0 Å². The van der Waals surface area contributed by atoms with Gasteiger partial charge in [0.05, 0.1) is 50.4 Å². The maximum absolute atomic E-state index is 13.2. The molecule has 0 aliphatic rings. The number of carbonyl (C=O) groups is 3. The number of alkyl halides is 9. The fourth-order valence-corrected chi connectivity index (χ4v) is 7.86. The Morgan fingerprint density at radius 2 is 0.780 bits per heavy atom. The average molecular weight is 1200 g/mol. The average Bonchev–Trinajstić information content (AvgIpc) is 4.24. The molecule has 3 aromatic heterocycles. The van der Waals surface area contributed by atoms with Crippen molar-refractivity contribution in [1.29, 1.82) is 0 Å². The van der Waals surface area contributed by atoms with Gasteiger partial charge < -0.3 is 21.7 Å². The molecule has 0 saturated carbocycles. The van der Waals surface area contributed by atoms with Crippen LogP contribution in [0.5, 0.6) is 0 Å². The van der Waals surface area contributed by atoms with Crippen LogP contribution in [0.1, 0.15) is 65.2 Å². The van der Waals surface area contributed by atoms with Crippen molar-refractivity contribution in [3.05, 3.63) is 228 Å². The third-order valence-corrected chi connectivity index (χ3v) is 12.0. The van der Waals surface area contributed by atoms with Crippen LogP contribution >= 0.6 is 34.8 Å². The molecule has 0 bridgehead atoms. The van der Waals surface area contributed by atoms with Gasteiger partial charge in [-0.2, -0.15) is 54.8 Å². The van der Waals surface area contributed by atoms with E-state index in [1.807, 2.05) is 0 Å². The number of nitrogens with one attached hydrogen (secondary N) is 3. The van der Waals surface area contributed by atoms with Crippen LogP contribution in [0.15, 0.2) is 152 Å². The van der Waals surface area contributed by atoms with E-state index in [1.54, 1.807) is 48.5 Å². The molecule has 5 N–H and O–H groups in total. The third-order valence-electron chi connectivity index (χ3n) is 11.3. The third kappa shape index (κ3) is 15.2. The van der Waals surface area contributed by atoms with Gasteiger partial charge in [0, 0.05) is 43.5 Å². The predicted molar refractivity (Wildman–Crippen MR) is 289 cm³/mol. The molecule has 82 heavy (non-hydrogen) atoms. The zero-order valence-electron chi connectivity index (χ0n) is 42.2. The Morgan fingerprint density at radius 3 is 1.13 bits per heavy atom. The molecule has 0 fully saturated rings. The minimum Gasteiger partial charge on any atom is -0.397 e. The maximum Gasteiger partial charge on any atom is 0.433 e. The summed E-state index contributed by atoms with van der Waals surface area (Å²) in [7, 11) is 0. The van der Waals surface area contributed by atoms with Crippen molar-refractivity contribution in [2.45, 2.75) is 39.3 Å². The largest absolute Gasteiger partial charge is 0.433 e. The van der Waals surface area contributed by atoms with Gasteiger partial charge in [0.25, 0.3) is 23.4 Å². The number of amides is 3. The minimum absolute atomic E-state index is 0.0973. The zero-order valence-corrected chi connectivity index (χ0v) is 44.5. The van der Waals surface area contributed by atoms with E-state index in [1.165, 1.54) is 93.6 Å². The molecule has 6 aromatic carbocycles. The van der Waals surface area contributed by atoms with Gasteiger partial charge in [0.1, 0.15) is 22.8 Å². The predicted octanol–water partition coefficient (Wildman–Crippen LogP) is 14.8. The number of nitro groups is 1. The summed E-state index contributed by atoms with van der Waals surface area (Å²) in [6.07, 6.45) is -13.8. The molecule has 28 heteroatoms. The van der Waals surface area contributed by atoms with Gasteiger partial charge in [-0.25, -0.2) is 14.0 Å². The lowest BCUT2D eigenvalue weighted by Crippen LogP contribution is -2.15. The fourth-order valence-electron chi connectivity index (χ4n) is 7.48. The van der Waals surface area contributed by atoms with Crippen LogP contribution in [0.2, 0.25) is 15.1 Å². The van der Waals surface area contributed by atoms with E-state index in [0.29, 0.717) is 36.6 Å². The minimum atomic E-state index is -4.70. The Kier molecular flexibility index (Phi) is 18.2. The van der Waals surface area contributed by atoms with Crippen molar-refractivity contribution >= 4 is 81.0 Å². The van der Waals surface area contributed by atoms with Gasteiger partial charge in [-0.05, 0) is 166 Å². The van der Waals surface area contributed by atoms with Crippen molar-refractivity contribution < 1.29 is 58.8 Å². The first-order chi connectivity index (χ1) is 38.4. The van der Waals surface area contributed by atoms with Gasteiger partial charge in [0.15, 0.2) is 0 Å². The lowest BCUT2D eigenvalue weighted by atomic mass is 10.2. The topological polar surface area (TPSA) is 210 Å². The number of rotatable bonds is 10.